The van der Waals surface area contributed by atoms with Gasteiger partial charge in [0.15, 0.2) is 0 Å². The predicted octanol–water partition coefficient (Wildman–Crippen LogP) is 1.66. The minimum Gasteiger partial charge on any atom is -0.367 e. The molecule has 2 atom stereocenters. The van der Waals surface area contributed by atoms with Crippen LogP contribution in [-0.4, -0.2) is 29.0 Å². The van der Waals surface area contributed by atoms with Crippen molar-refractivity contribution in [2.24, 2.45) is 5.92 Å². The molecule has 3 aliphatic rings. The highest BCUT2D eigenvalue weighted by atomic mass is 16.5. The number of hydrogen-bond donors (Lipinski definition) is 1. The summed E-state index contributed by atoms with van der Waals surface area (Å²) in [4.78, 5) is 0. The second-order valence-electron chi connectivity index (χ2n) is 5.64. The number of morpholine rings is 1. The molecule has 3 fully saturated rings. The first-order valence-corrected chi connectivity index (χ1v) is 6.80. The Labute approximate surface area is 101 Å². The highest BCUT2D eigenvalue weighted by Crippen LogP contribution is 2.38. The van der Waals surface area contributed by atoms with Crippen LogP contribution in [0.25, 0.3) is 0 Å². The van der Waals surface area contributed by atoms with Crippen LogP contribution in [0.1, 0.15) is 43.4 Å². The number of nitrogens with one attached hydrogen (secondary N) is 1. The van der Waals surface area contributed by atoms with Crippen molar-refractivity contribution < 1.29 is 4.74 Å². The van der Waals surface area contributed by atoms with E-state index in [0.29, 0.717) is 12.1 Å². The molecule has 92 valence electrons. The zero-order chi connectivity index (χ0) is 11.2. The molecule has 0 aromatic carbocycles. The van der Waals surface area contributed by atoms with Gasteiger partial charge in [-0.25, -0.2) is 0 Å². The van der Waals surface area contributed by atoms with Gasteiger partial charge in [0.2, 0.25) is 0 Å². The average Bonchev–Trinajstić information content (AvgIpc) is 3.28. The van der Waals surface area contributed by atoms with E-state index in [1.807, 2.05) is 6.20 Å². The maximum atomic E-state index is 6.19. The Morgan fingerprint density at radius 2 is 2.12 bits per heavy atom. The van der Waals surface area contributed by atoms with Crippen LogP contribution in [0, 0.1) is 5.92 Å². The third-order valence-electron chi connectivity index (χ3n) is 4.08. The molecule has 1 aromatic heterocycles. The van der Waals surface area contributed by atoms with Crippen molar-refractivity contribution >= 4 is 0 Å². The molecule has 1 aromatic rings. The molecule has 0 spiro atoms. The quantitative estimate of drug-likeness (QED) is 0.863. The van der Waals surface area contributed by atoms with Gasteiger partial charge in [0.05, 0.1) is 24.4 Å². The fraction of sp³-hybridized carbons (Fsp3) is 0.769. The standard InChI is InChI=1S/C13H19N3O/c1-2-9(1)12-6-14-7-13(17-12)10-5-15-16(8-10)11-3-4-11/h5,8-9,11-14H,1-4,6-7H2/t12-,13?/m0/s1. The van der Waals surface area contributed by atoms with E-state index in [-0.39, 0.29) is 6.10 Å². The van der Waals surface area contributed by atoms with Crippen molar-refractivity contribution in [2.45, 2.75) is 43.9 Å². The van der Waals surface area contributed by atoms with Crippen LogP contribution in [0.5, 0.6) is 0 Å². The summed E-state index contributed by atoms with van der Waals surface area (Å²) in [6.07, 6.45) is 10.1. The molecule has 2 saturated carbocycles. The van der Waals surface area contributed by atoms with E-state index in [0.717, 1.165) is 19.0 Å². The number of hydrogen-bond acceptors (Lipinski definition) is 3. The van der Waals surface area contributed by atoms with Crippen LogP contribution in [0.4, 0.5) is 0 Å². The topological polar surface area (TPSA) is 39.1 Å². The van der Waals surface area contributed by atoms with Crippen LogP contribution >= 0.6 is 0 Å². The van der Waals surface area contributed by atoms with Crippen LogP contribution in [0.3, 0.4) is 0 Å². The zero-order valence-electron chi connectivity index (χ0n) is 10.0. The van der Waals surface area contributed by atoms with Crippen molar-refractivity contribution in [1.29, 1.82) is 0 Å². The first kappa shape index (κ1) is 10.1. The highest BCUT2D eigenvalue weighted by Gasteiger charge is 2.36. The molecule has 2 heterocycles. The fourth-order valence-corrected chi connectivity index (χ4v) is 2.66. The van der Waals surface area contributed by atoms with E-state index in [1.165, 1.54) is 31.2 Å². The minimum atomic E-state index is 0.210. The van der Waals surface area contributed by atoms with Gasteiger partial charge in [-0.05, 0) is 31.6 Å². The van der Waals surface area contributed by atoms with E-state index >= 15 is 0 Å². The summed E-state index contributed by atoms with van der Waals surface area (Å²) < 4.78 is 8.30. The molecule has 17 heavy (non-hydrogen) atoms. The number of nitrogens with zero attached hydrogens (tertiary/aromatic N) is 2. The normalized spacial score (nSPS) is 33.9. The Morgan fingerprint density at radius 3 is 2.88 bits per heavy atom. The first-order valence-electron chi connectivity index (χ1n) is 6.80. The molecule has 0 amide bonds. The Kier molecular flexibility index (Phi) is 2.27. The average molecular weight is 233 g/mol. The Morgan fingerprint density at radius 1 is 1.24 bits per heavy atom. The lowest BCUT2D eigenvalue weighted by atomic mass is 10.1. The van der Waals surface area contributed by atoms with Gasteiger partial charge in [-0.1, -0.05) is 0 Å². The maximum Gasteiger partial charge on any atom is 0.0984 e. The molecule has 4 rings (SSSR count). The maximum absolute atomic E-state index is 6.19. The second kappa shape index (κ2) is 3.82. The summed E-state index contributed by atoms with van der Waals surface area (Å²) >= 11 is 0. The van der Waals surface area contributed by atoms with Gasteiger partial charge >= 0.3 is 0 Å². The van der Waals surface area contributed by atoms with E-state index in [4.69, 9.17) is 4.74 Å². The second-order valence-corrected chi connectivity index (χ2v) is 5.64. The van der Waals surface area contributed by atoms with Crippen molar-refractivity contribution in [2.75, 3.05) is 13.1 Å². The Hall–Kier alpha value is -0.870. The fourth-order valence-electron chi connectivity index (χ4n) is 2.66. The van der Waals surface area contributed by atoms with Crippen molar-refractivity contribution in [3.8, 4) is 0 Å². The lowest BCUT2D eigenvalue weighted by Gasteiger charge is -2.30. The van der Waals surface area contributed by atoms with E-state index in [2.05, 4.69) is 21.3 Å². The molecule has 1 saturated heterocycles. The smallest absolute Gasteiger partial charge is 0.0984 e. The Bertz CT molecular complexity index is 409. The van der Waals surface area contributed by atoms with Crippen molar-refractivity contribution in [3.05, 3.63) is 18.0 Å². The summed E-state index contributed by atoms with van der Waals surface area (Å²) in [5, 5.41) is 7.94. The SMILES string of the molecule is c1nn(C2CC2)cc1C1CNC[C@@H](C2CC2)O1. The van der Waals surface area contributed by atoms with Gasteiger partial charge in [-0.2, -0.15) is 5.10 Å². The van der Waals surface area contributed by atoms with Gasteiger partial charge < -0.3 is 10.1 Å². The molecule has 0 bridgehead atoms. The van der Waals surface area contributed by atoms with Gasteiger partial charge in [-0.15, -0.1) is 0 Å². The highest BCUT2D eigenvalue weighted by molar-refractivity contribution is 5.11. The van der Waals surface area contributed by atoms with Crippen molar-refractivity contribution in [3.63, 3.8) is 0 Å². The summed E-state index contributed by atoms with van der Waals surface area (Å²) in [6, 6.07) is 0.666. The molecule has 0 radical (unpaired) electrons. The molecule has 4 nitrogen and oxygen atoms in total. The van der Waals surface area contributed by atoms with Crippen LogP contribution < -0.4 is 5.32 Å². The molecule has 1 N–H and O–H groups in total. The lowest BCUT2D eigenvalue weighted by molar-refractivity contribution is -0.0493. The molecular weight excluding hydrogens is 214 g/mol. The zero-order valence-corrected chi connectivity index (χ0v) is 10.0. The largest absolute Gasteiger partial charge is 0.367 e. The first-order chi connectivity index (χ1) is 8.40. The van der Waals surface area contributed by atoms with Gasteiger partial charge in [0.1, 0.15) is 0 Å². The monoisotopic (exact) mass is 233 g/mol. The van der Waals surface area contributed by atoms with E-state index in [1.54, 1.807) is 0 Å². The summed E-state index contributed by atoms with van der Waals surface area (Å²) in [7, 11) is 0. The van der Waals surface area contributed by atoms with E-state index in [9.17, 15) is 0 Å². The molecule has 1 unspecified atom stereocenters. The lowest BCUT2D eigenvalue weighted by Crippen LogP contribution is -2.41. The summed E-state index contributed by atoms with van der Waals surface area (Å²) in [5.41, 5.74) is 1.25. The third-order valence-corrected chi connectivity index (χ3v) is 4.08. The van der Waals surface area contributed by atoms with Crippen molar-refractivity contribution in [1.82, 2.24) is 15.1 Å². The number of ether oxygens (including phenoxy) is 1. The van der Waals surface area contributed by atoms with Crippen LogP contribution in [0.2, 0.25) is 0 Å². The summed E-state index contributed by atoms with van der Waals surface area (Å²) in [6.45, 7) is 1.96. The third kappa shape index (κ3) is 2.00. The molecule has 4 heteroatoms. The molecule has 2 aliphatic carbocycles. The predicted molar refractivity (Wildman–Crippen MR) is 63.7 cm³/mol. The Balaban J connectivity index is 1.48. The minimum absolute atomic E-state index is 0.210. The molecular formula is C13H19N3O. The van der Waals surface area contributed by atoms with Crippen LogP contribution in [-0.2, 0) is 4.74 Å². The van der Waals surface area contributed by atoms with E-state index < -0.39 is 0 Å². The number of rotatable bonds is 3. The van der Waals surface area contributed by atoms with Gasteiger partial charge in [-0.3, -0.25) is 4.68 Å². The molecule has 1 aliphatic heterocycles. The van der Waals surface area contributed by atoms with Crippen LogP contribution in [0.15, 0.2) is 12.4 Å². The number of aromatic nitrogens is 2. The van der Waals surface area contributed by atoms with Gasteiger partial charge in [0.25, 0.3) is 0 Å². The van der Waals surface area contributed by atoms with Gasteiger partial charge in [0, 0.05) is 24.8 Å². The summed E-state index contributed by atoms with van der Waals surface area (Å²) in [5.74, 6) is 0.809.